The lowest BCUT2D eigenvalue weighted by Crippen LogP contribution is -2.44. The van der Waals surface area contributed by atoms with Crippen molar-refractivity contribution in [2.75, 3.05) is 11.4 Å². The number of nitrogens with zero attached hydrogens (tertiary/aromatic N) is 2. The Labute approximate surface area is 217 Å². The van der Waals surface area contributed by atoms with Crippen LogP contribution in [0.25, 0.3) is 10.9 Å². The van der Waals surface area contributed by atoms with Gasteiger partial charge in [-0.15, -0.1) is 0 Å². The summed E-state index contributed by atoms with van der Waals surface area (Å²) in [4.78, 5) is 57.9. The number of anilines is 1. The topological polar surface area (TPSA) is 123 Å². The number of fused-ring (bicyclic) bond motifs is 4. The van der Waals surface area contributed by atoms with E-state index in [0.29, 0.717) is 6.42 Å². The Balaban J connectivity index is 1.47. The molecule has 1 saturated heterocycles. The number of carboxylic acids is 1. The fourth-order valence-electron chi connectivity index (χ4n) is 5.50. The molecule has 0 spiro atoms. The molecule has 0 bridgehead atoms. The Morgan fingerprint density at radius 3 is 2.47 bits per heavy atom. The highest BCUT2D eigenvalue weighted by molar-refractivity contribution is 6.24. The van der Waals surface area contributed by atoms with Gasteiger partial charge in [0.05, 0.1) is 11.3 Å². The molecule has 0 unspecified atom stereocenters. The second kappa shape index (κ2) is 8.88. The number of carboxylic acid groups (broad SMARTS) is 1. The van der Waals surface area contributed by atoms with Gasteiger partial charge >= 0.3 is 12.0 Å². The van der Waals surface area contributed by atoms with Crippen molar-refractivity contribution in [1.29, 1.82) is 0 Å². The van der Waals surface area contributed by atoms with Gasteiger partial charge in [-0.1, -0.05) is 60.2 Å². The summed E-state index contributed by atoms with van der Waals surface area (Å²) < 4.78 is 0. The number of carbonyl (C=O) groups is 4. The third kappa shape index (κ3) is 3.62. The zero-order valence-corrected chi connectivity index (χ0v) is 20.5. The van der Waals surface area contributed by atoms with E-state index in [9.17, 15) is 19.2 Å². The van der Waals surface area contributed by atoms with Crippen LogP contribution < -0.4 is 10.2 Å². The molecule has 1 aromatic heterocycles. The van der Waals surface area contributed by atoms with Crippen molar-refractivity contribution in [3.63, 3.8) is 0 Å². The fourth-order valence-corrected chi connectivity index (χ4v) is 5.50. The second-order valence-corrected chi connectivity index (χ2v) is 9.55. The summed E-state index contributed by atoms with van der Waals surface area (Å²) in [6, 6.07) is 20.1. The molecule has 9 nitrogen and oxygen atoms in total. The van der Waals surface area contributed by atoms with Crippen LogP contribution in [-0.4, -0.2) is 51.4 Å². The minimum Gasteiger partial charge on any atom is -0.480 e. The van der Waals surface area contributed by atoms with Gasteiger partial charge in [0.25, 0.3) is 11.8 Å². The second-order valence-electron chi connectivity index (χ2n) is 9.55. The molecule has 3 N–H and O–H groups in total. The maximum absolute atomic E-state index is 14.1. The number of hydrogen-bond acceptors (Lipinski definition) is 4. The molecule has 6 rings (SSSR count). The first-order valence-corrected chi connectivity index (χ1v) is 12.3. The number of H-pyrrole nitrogens is 1. The largest absolute Gasteiger partial charge is 0.480 e. The van der Waals surface area contributed by atoms with Crippen molar-refractivity contribution in [2.24, 2.45) is 0 Å². The minimum atomic E-state index is -1.20. The average molecular weight is 509 g/mol. The Morgan fingerprint density at radius 2 is 1.71 bits per heavy atom. The van der Waals surface area contributed by atoms with Crippen molar-refractivity contribution in [3.8, 4) is 0 Å². The van der Waals surface area contributed by atoms with Gasteiger partial charge in [-0.3, -0.25) is 19.3 Å². The summed E-state index contributed by atoms with van der Waals surface area (Å²) in [5.74, 6) is -2.31. The summed E-state index contributed by atoms with van der Waals surface area (Å²) in [7, 11) is 0. The van der Waals surface area contributed by atoms with Crippen molar-refractivity contribution in [2.45, 2.75) is 25.4 Å². The quantitative estimate of drug-likeness (QED) is 0.354. The average Bonchev–Trinajstić information content (AvgIpc) is 3.41. The van der Waals surface area contributed by atoms with Gasteiger partial charge in [0.15, 0.2) is 0 Å². The fraction of sp³-hybridized carbons (Fsp3) is 0.172. The molecule has 0 radical (unpaired) electrons. The summed E-state index contributed by atoms with van der Waals surface area (Å²) in [6.45, 7) is 1.40. The molecular weight excluding hydrogens is 484 g/mol. The van der Waals surface area contributed by atoms with Crippen LogP contribution in [-0.2, 0) is 16.0 Å². The molecule has 2 aliphatic heterocycles. The lowest BCUT2D eigenvalue weighted by atomic mass is 9.88. The smallest absolute Gasteiger partial charge is 0.332 e. The molecule has 4 amide bonds. The first-order valence-electron chi connectivity index (χ1n) is 12.3. The number of para-hydroxylation sites is 2. The number of amides is 4. The molecular formula is C29H24N4O5. The molecule has 0 saturated carbocycles. The van der Waals surface area contributed by atoms with Crippen LogP contribution in [0.3, 0.4) is 0 Å². The molecule has 2 atom stereocenters. The lowest BCUT2D eigenvalue weighted by molar-refractivity contribution is -0.135. The highest BCUT2D eigenvalue weighted by atomic mass is 16.4. The Morgan fingerprint density at radius 1 is 1.00 bits per heavy atom. The molecule has 2 aliphatic rings. The number of aromatic amines is 1. The van der Waals surface area contributed by atoms with Gasteiger partial charge in [-0.25, -0.2) is 9.69 Å². The third-order valence-electron chi connectivity index (χ3n) is 7.23. The number of urea groups is 1. The van der Waals surface area contributed by atoms with Crippen molar-refractivity contribution in [3.05, 3.63) is 101 Å². The number of benzene rings is 3. The molecule has 9 heteroatoms. The highest BCUT2D eigenvalue weighted by Crippen LogP contribution is 2.45. The van der Waals surface area contributed by atoms with Gasteiger partial charge < -0.3 is 15.4 Å². The van der Waals surface area contributed by atoms with Gasteiger partial charge in [0, 0.05) is 23.0 Å². The molecule has 0 aliphatic carbocycles. The molecule has 38 heavy (non-hydrogen) atoms. The molecule has 1 fully saturated rings. The summed E-state index contributed by atoms with van der Waals surface area (Å²) >= 11 is 0. The highest BCUT2D eigenvalue weighted by Gasteiger charge is 2.53. The van der Waals surface area contributed by atoms with Crippen LogP contribution in [0.2, 0.25) is 0 Å². The predicted octanol–water partition coefficient (Wildman–Crippen LogP) is 3.77. The van der Waals surface area contributed by atoms with Gasteiger partial charge in [-0.05, 0) is 36.2 Å². The van der Waals surface area contributed by atoms with Crippen molar-refractivity contribution in [1.82, 2.24) is 15.2 Å². The number of rotatable bonds is 5. The van der Waals surface area contributed by atoms with Crippen LogP contribution >= 0.6 is 0 Å². The maximum Gasteiger partial charge on any atom is 0.332 e. The third-order valence-corrected chi connectivity index (χ3v) is 7.23. The number of imide groups is 1. The Kier molecular flexibility index (Phi) is 5.48. The lowest BCUT2D eigenvalue weighted by Gasteiger charge is -2.36. The van der Waals surface area contributed by atoms with E-state index in [-0.39, 0.29) is 11.3 Å². The number of hydrogen-bond donors (Lipinski definition) is 3. The van der Waals surface area contributed by atoms with E-state index in [0.717, 1.165) is 38.2 Å². The Bertz CT molecular complexity index is 1620. The van der Waals surface area contributed by atoms with E-state index in [1.807, 2.05) is 55.5 Å². The van der Waals surface area contributed by atoms with E-state index in [4.69, 9.17) is 5.11 Å². The van der Waals surface area contributed by atoms with E-state index in [1.54, 1.807) is 17.0 Å². The normalized spacial score (nSPS) is 18.4. The van der Waals surface area contributed by atoms with Crippen LogP contribution in [0, 0.1) is 6.92 Å². The van der Waals surface area contributed by atoms with E-state index < -0.39 is 42.4 Å². The Hall–Kier alpha value is -4.92. The zero-order chi connectivity index (χ0) is 26.6. The monoisotopic (exact) mass is 508 g/mol. The zero-order valence-electron chi connectivity index (χ0n) is 20.5. The minimum absolute atomic E-state index is 0.0474. The van der Waals surface area contributed by atoms with Crippen LogP contribution in [0.5, 0.6) is 0 Å². The van der Waals surface area contributed by atoms with E-state index in [1.165, 1.54) is 12.1 Å². The number of nitrogens with one attached hydrogen (secondary N) is 2. The summed E-state index contributed by atoms with van der Waals surface area (Å²) in [5, 5.41) is 12.3. The van der Waals surface area contributed by atoms with Gasteiger partial charge in [0.1, 0.15) is 18.6 Å². The van der Waals surface area contributed by atoms with Crippen LogP contribution in [0.4, 0.5) is 10.5 Å². The van der Waals surface area contributed by atoms with E-state index in [2.05, 4.69) is 10.3 Å². The maximum atomic E-state index is 14.1. The van der Waals surface area contributed by atoms with Crippen molar-refractivity contribution >= 4 is 40.4 Å². The predicted molar refractivity (Wildman–Crippen MR) is 140 cm³/mol. The molecule has 3 heterocycles. The number of carbonyl (C=O) groups excluding carboxylic acids is 3. The number of aliphatic carboxylic acids is 1. The summed E-state index contributed by atoms with van der Waals surface area (Å²) in [6.07, 6.45) is 0.330. The molecule has 4 aromatic rings. The van der Waals surface area contributed by atoms with Crippen LogP contribution in [0.15, 0.2) is 72.8 Å². The first kappa shape index (κ1) is 23.5. The SMILES string of the molecule is Cc1ccc([C@H]2c3[nH]c4ccccc4c3C[C@H]3C(=O)N(c4ccccc4C(=O)NCC(=O)O)C(=O)N23)cc1. The van der Waals surface area contributed by atoms with Crippen LogP contribution in [0.1, 0.15) is 38.8 Å². The van der Waals surface area contributed by atoms with Gasteiger partial charge in [0.2, 0.25) is 0 Å². The van der Waals surface area contributed by atoms with Crippen molar-refractivity contribution < 1.29 is 24.3 Å². The van der Waals surface area contributed by atoms with E-state index >= 15 is 0 Å². The van der Waals surface area contributed by atoms with Gasteiger partial charge in [-0.2, -0.15) is 0 Å². The number of aromatic nitrogens is 1. The first-order chi connectivity index (χ1) is 18.3. The number of aryl methyl sites for hydroxylation is 1. The molecule has 190 valence electrons. The molecule has 3 aromatic carbocycles. The summed E-state index contributed by atoms with van der Waals surface area (Å²) in [5.41, 5.74) is 4.90. The standard InChI is InChI=1S/C29H24N4O5/c1-16-10-12-17(13-11-16)26-25-20(18-6-2-4-8-21(18)31-25)14-23-28(37)33(29(38)32(23)26)22-9-5-3-7-19(22)27(36)30-15-24(34)35/h2-13,23,26,31H,14-15H2,1H3,(H,30,36)(H,34,35)/t23-,26-/m0/s1.